The van der Waals surface area contributed by atoms with Gasteiger partial charge in [-0.3, -0.25) is 0 Å². The first-order valence-corrected chi connectivity index (χ1v) is 8.52. The van der Waals surface area contributed by atoms with Crippen molar-refractivity contribution in [2.45, 2.75) is 12.8 Å². The Kier molecular flexibility index (Phi) is 7.64. The summed E-state index contributed by atoms with van der Waals surface area (Å²) in [4.78, 5) is 15.9. The molecule has 0 spiro atoms. The summed E-state index contributed by atoms with van der Waals surface area (Å²) in [5.74, 6) is 1.80. The molecule has 3 aromatic rings. The van der Waals surface area contributed by atoms with Gasteiger partial charge in [0.05, 0.1) is 0 Å². The van der Waals surface area contributed by atoms with Gasteiger partial charge >= 0.3 is 0 Å². The third-order valence-electron chi connectivity index (χ3n) is 4.07. The van der Waals surface area contributed by atoms with Crippen LogP contribution in [0, 0.1) is 0 Å². The molecule has 1 saturated heterocycles. The number of para-hydroxylation sites is 2. The predicted octanol–water partition coefficient (Wildman–Crippen LogP) is 4.80. The zero-order chi connectivity index (χ0) is 16.9. The molecule has 2 aromatic carbocycles. The molecule has 0 aliphatic carbocycles. The Balaban J connectivity index is 0.00000131. The number of nitrogens with one attached hydrogen (secondary N) is 2. The molecule has 1 aliphatic rings. The standard InChI is InChI=1S/C19H20N6.2ClH/c1-3-9-15(10-4-1)20-17-22-18(21-16-11-5-2-6-12-16)24-19(23-17)25-13-7-8-14-25;;/h1-6,9-12H,7-8,13-14H2,(H2,20,21,22,23,24);2*1H. The second kappa shape index (κ2) is 9.94. The second-order valence-corrected chi connectivity index (χ2v) is 5.96. The Morgan fingerprint density at radius 2 is 1.07 bits per heavy atom. The first-order valence-electron chi connectivity index (χ1n) is 8.52. The second-order valence-electron chi connectivity index (χ2n) is 5.96. The van der Waals surface area contributed by atoms with Crippen LogP contribution in [-0.2, 0) is 0 Å². The molecular weight excluding hydrogens is 383 g/mol. The highest BCUT2D eigenvalue weighted by molar-refractivity contribution is 5.85. The number of hydrogen-bond donors (Lipinski definition) is 2. The van der Waals surface area contributed by atoms with Crippen LogP contribution in [0.5, 0.6) is 0 Å². The van der Waals surface area contributed by atoms with E-state index in [1.165, 1.54) is 12.8 Å². The fourth-order valence-corrected chi connectivity index (χ4v) is 2.84. The van der Waals surface area contributed by atoms with E-state index in [9.17, 15) is 0 Å². The number of halogens is 2. The van der Waals surface area contributed by atoms with E-state index < -0.39 is 0 Å². The van der Waals surface area contributed by atoms with E-state index in [1.54, 1.807) is 0 Å². The molecule has 142 valence electrons. The van der Waals surface area contributed by atoms with Gasteiger partial charge in [-0.15, -0.1) is 24.8 Å². The molecule has 0 amide bonds. The SMILES string of the molecule is Cl.Cl.c1ccc(Nc2nc(Nc3ccccc3)nc(N3CCCC3)n2)cc1. The molecule has 1 aromatic heterocycles. The van der Waals surface area contributed by atoms with Crippen LogP contribution in [0.1, 0.15) is 12.8 Å². The molecule has 0 bridgehead atoms. The number of hydrogen-bond acceptors (Lipinski definition) is 6. The van der Waals surface area contributed by atoms with E-state index in [1.807, 2.05) is 60.7 Å². The number of anilines is 5. The molecule has 27 heavy (non-hydrogen) atoms. The lowest BCUT2D eigenvalue weighted by atomic mass is 10.3. The highest BCUT2D eigenvalue weighted by Crippen LogP contribution is 2.22. The molecule has 0 unspecified atom stereocenters. The van der Waals surface area contributed by atoms with Crippen molar-refractivity contribution in [3.8, 4) is 0 Å². The summed E-state index contributed by atoms with van der Waals surface area (Å²) in [5.41, 5.74) is 1.90. The minimum absolute atomic E-state index is 0. The smallest absolute Gasteiger partial charge is 0.233 e. The highest BCUT2D eigenvalue weighted by Gasteiger charge is 2.17. The third kappa shape index (κ3) is 5.45. The minimum atomic E-state index is 0. The molecule has 1 aliphatic heterocycles. The molecule has 6 nitrogen and oxygen atoms in total. The number of nitrogens with zero attached hydrogens (tertiary/aromatic N) is 4. The molecule has 0 radical (unpaired) electrons. The van der Waals surface area contributed by atoms with Crippen molar-refractivity contribution in [2.24, 2.45) is 0 Å². The summed E-state index contributed by atoms with van der Waals surface area (Å²) in [5, 5.41) is 6.53. The first-order chi connectivity index (χ1) is 12.4. The van der Waals surface area contributed by atoms with Crippen molar-refractivity contribution < 1.29 is 0 Å². The monoisotopic (exact) mass is 404 g/mol. The van der Waals surface area contributed by atoms with Gasteiger partial charge in [-0.1, -0.05) is 36.4 Å². The normalized spacial score (nSPS) is 12.7. The molecule has 4 rings (SSSR count). The van der Waals surface area contributed by atoms with Crippen molar-refractivity contribution >= 4 is 54.0 Å². The fraction of sp³-hybridized carbons (Fsp3) is 0.211. The van der Waals surface area contributed by atoms with Crippen molar-refractivity contribution in [2.75, 3.05) is 28.6 Å². The summed E-state index contributed by atoms with van der Waals surface area (Å²) in [6, 6.07) is 19.8. The lowest BCUT2D eigenvalue weighted by molar-refractivity contribution is 0.886. The lowest BCUT2D eigenvalue weighted by Gasteiger charge is -2.17. The van der Waals surface area contributed by atoms with E-state index in [0.717, 1.165) is 24.5 Å². The molecule has 2 heterocycles. The first kappa shape index (κ1) is 20.7. The van der Waals surface area contributed by atoms with Crippen LogP contribution < -0.4 is 15.5 Å². The van der Waals surface area contributed by atoms with Crippen LogP contribution >= 0.6 is 24.8 Å². The van der Waals surface area contributed by atoms with Gasteiger partial charge in [0, 0.05) is 24.5 Å². The Bertz CT molecular complexity index is 766. The van der Waals surface area contributed by atoms with Crippen molar-refractivity contribution in [1.82, 2.24) is 15.0 Å². The predicted molar refractivity (Wildman–Crippen MR) is 115 cm³/mol. The Labute approximate surface area is 171 Å². The summed E-state index contributed by atoms with van der Waals surface area (Å²) < 4.78 is 0. The molecule has 8 heteroatoms. The third-order valence-corrected chi connectivity index (χ3v) is 4.07. The summed E-state index contributed by atoms with van der Waals surface area (Å²) >= 11 is 0. The largest absolute Gasteiger partial charge is 0.341 e. The van der Waals surface area contributed by atoms with Crippen molar-refractivity contribution in [3.05, 3.63) is 60.7 Å². The van der Waals surface area contributed by atoms with Gasteiger partial charge in [-0.25, -0.2) is 0 Å². The maximum atomic E-state index is 4.60. The van der Waals surface area contributed by atoms with Gasteiger partial charge in [0.15, 0.2) is 0 Å². The van der Waals surface area contributed by atoms with Crippen molar-refractivity contribution in [1.29, 1.82) is 0 Å². The van der Waals surface area contributed by atoms with Crippen LogP contribution in [0.2, 0.25) is 0 Å². The zero-order valence-electron chi connectivity index (χ0n) is 14.7. The van der Waals surface area contributed by atoms with E-state index in [0.29, 0.717) is 17.8 Å². The van der Waals surface area contributed by atoms with Gasteiger partial charge in [0.1, 0.15) is 0 Å². The number of rotatable bonds is 5. The molecule has 1 fully saturated rings. The van der Waals surface area contributed by atoms with Crippen LogP contribution in [0.15, 0.2) is 60.7 Å². The average molecular weight is 405 g/mol. The Hall–Kier alpha value is -2.57. The summed E-state index contributed by atoms with van der Waals surface area (Å²) in [7, 11) is 0. The Morgan fingerprint density at radius 1 is 0.630 bits per heavy atom. The zero-order valence-corrected chi connectivity index (χ0v) is 16.3. The van der Waals surface area contributed by atoms with Gasteiger partial charge < -0.3 is 15.5 Å². The molecule has 0 saturated carbocycles. The van der Waals surface area contributed by atoms with Gasteiger partial charge in [0.25, 0.3) is 0 Å². The maximum Gasteiger partial charge on any atom is 0.233 e. The average Bonchev–Trinajstić information content (AvgIpc) is 3.18. The topological polar surface area (TPSA) is 66.0 Å². The van der Waals surface area contributed by atoms with Gasteiger partial charge in [-0.05, 0) is 37.1 Å². The van der Waals surface area contributed by atoms with Crippen LogP contribution in [0.3, 0.4) is 0 Å². The van der Waals surface area contributed by atoms with E-state index in [-0.39, 0.29) is 24.8 Å². The van der Waals surface area contributed by atoms with E-state index >= 15 is 0 Å². The quantitative estimate of drug-likeness (QED) is 0.636. The minimum Gasteiger partial charge on any atom is -0.341 e. The van der Waals surface area contributed by atoms with E-state index in [2.05, 4.69) is 30.5 Å². The summed E-state index contributed by atoms with van der Waals surface area (Å²) in [6.07, 6.45) is 2.35. The Morgan fingerprint density at radius 3 is 1.52 bits per heavy atom. The lowest BCUT2D eigenvalue weighted by Crippen LogP contribution is -2.21. The van der Waals surface area contributed by atoms with E-state index in [4.69, 9.17) is 0 Å². The summed E-state index contributed by atoms with van der Waals surface area (Å²) in [6.45, 7) is 1.97. The van der Waals surface area contributed by atoms with Crippen LogP contribution in [-0.4, -0.2) is 28.0 Å². The van der Waals surface area contributed by atoms with Crippen molar-refractivity contribution in [3.63, 3.8) is 0 Å². The molecule has 0 atom stereocenters. The number of aromatic nitrogens is 3. The van der Waals surface area contributed by atoms with Crippen LogP contribution in [0.25, 0.3) is 0 Å². The van der Waals surface area contributed by atoms with Gasteiger partial charge in [0.2, 0.25) is 17.8 Å². The fourth-order valence-electron chi connectivity index (χ4n) is 2.84. The van der Waals surface area contributed by atoms with Crippen LogP contribution in [0.4, 0.5) is 29.2 Å². The van der Waals surface area contributed by atoms with Gasteiger partial charge in [-0.2, -0.15) is 15.0 Å². The highest BCUT2D eigenvalue weighted by atomic mass is 35.5. The maximum absolute atomic E-state index is 4.60. The molecule has 2 N–H and O–H groups in total. The number of benzene rings is 2. The molecular formula is C19H22Cl2N6.